The van der Waals surface area contributed by atoms with Gasteiger partial charge in [-0.3, -0.25) is 28.9 Å². The number of amides is 3. The van der Waals surface area contributed by atoms with E-state index in [1.807, 2.05) is 0 Å². The van der Waals surface area contributed by atoms with Gasteiger partial charge < -0.3 is 10.1 Å². The van der Waals surface area contributed by atoms with Gasteiger partial charge in [-0.2, -0.15) is 0 Å². The molecule has 0 saturated heterocycles. The second-order valence-electron chi connectivity index (χ2n) is 6.76. The SMILES string of the molecule is CC(=O)NCCc1ccc(C(=O)COC(=O)CN2C(=O)c3ccccc3C2=O)cc1. The van der Waals surface area contributed by atoms with Gasteiger partial charge in [0.05, 0.1) is 11.1 Å². The topological polar surface area (TPSA) is 110 Å². The first-order chi connectivity index (χ1) is 14.4. The van der Waals surface area contributed by atoms with Gasteiger partial charge in [-0.05, 0) is 24.1 Å². The minimum atomic E-state index is -0.843. The fourth-order valence-electron chi connectivity index (χ4n) is 3.03. The highest BCUT2D eigenvalue weighted by Gasteiger charge is 2.36. The van der Waals surface area contributed by atoms with Crippen LogP contribution in [-0.2, 0) is 20.7 Å². The number of fused-ring (bicyclic) bond motifs is 1. The molecule has 0 aliphatic carbocycles. The van der Waals surface area contributed by atoms with E-state index in [0.29, 0.717) is 18.5 Å². The second kappa shape index (κ2) is 9.13. The van der Waals surface area contributed by atoms with Gasteiger partial charge in [0.25, 0.3) is 11.8 Å². The number of ketones is 1. The molecule has 0 bridgehead atoms. The molecule has 1 heterocycles. The second-order valence-corrected chi connectivity index (χ2v) is 6.76. The lowest BCUT2D eigenvalue weighted by atomic mass is 10.1. The molecule has 1 N–H and O–H groups in total. The highest BCUT2D eigenvalue weighted by Crippen LogP contribution is 2.22. The number of Topliss-reactive ketones (excluding diaryl/α,β-unsaturated/α-hetero) is 1. The maximum Gasteiger partial charge on any atom is 0.326 e. The van der Waals surface area contributed by atoms with Gasteiger partial charge in [0.1, 0.15) is 6.54 Å². The molecule has 2 aromatic carbocycles. The number of benzene rings is 2. The van der Waals surface area contributed by atoms with E-state index in [-0.39, 0.29) is 17.0 Å². The van der Waals surface area contributed by atoms with Crippen molar-refractivity contribution in [2.75, 3.05) is 19.7 Å². The van der Waals surface area contributed by atoms with E-state index in [2.05, 4.69) is 5.32 Å². The molecule has 0 radical (unpaired) electrons. The Bertz CT molecular complexity index is 978. The zero-order chi connectivity index (χ0) is 21.7. The third-order valence-electron chi connectivity index (χ3n) is 4.59. The number of imide groups is 1. The first-order valence-corrected chi connectivity index (χ1v) is 9.34. The summed E-state index contributed by atoms with van der Waals surface area (Å²) < 4.78 is 4.96. The zero-order valence-corrected chi connectivity index (χ0v) is 16.3. The molecular formula is C22H20N2O6. The first-order valence-electron chi connectivity index (χ1n) is 9.34. The van der Waals surface area contributed by atoms with Crippen LogP contribution in [0.5, 0.6) is 0 Å². The number of ether oxygens (including phenoxy) is 1. The van der Waals surface area contributed by atoms with Crippen LogP contribution in [0, 0.1) is 0 Å². The Morgan fingerprint density at radius 1 is 0.933 bits per heavy atom. The van der Waals surface area contributed by atoms with Crippen LogP contribution in [0.3, 0.4) is 0 Å². The lowest BCUT2D eigenvalue weighted by Crippen LogP contribution is -2.36. The summed E-state index contributed by atoms with van der Waals surface area (Å²) in [6.07, 6.45) is 0.628. The molecule has 1 aliphatic rings. The van der Waals surface area contributed by atoms with Crippen molar-refractivity contribution in [1.29, 1.82) is 0 Å². The van der Waals surface area contributed by atoms with E-state index in [1.54, 1.807) is 36.4 Å². The largest absolute Gasteiger partial charge is 0.456 e. The fourth-order valence-corrected chi connectivity index (χ4v) is 3.03. The van der Waals surface area contributed by atoms with Crippen LogP contribution in [0.1, 0.15) is 43.6 Å². The minimum absolute atomic E-state index is 0.107. The molecule has 8 nitrogen and oxygen atoms in total. The normalized spacial score (nSPS) is 12.5. The molecule has 0 saturated carbocycles. The molecule has 2 aromatic rings. The Morgan fingerprint density at radius 2 is 1.53 bits per heavy atom. The average Bonchev–Trinajstić information content (AvgIpc) is 2.97. The highest BCUT2D eigenvalue weighted by molar-refractivity contribution is 6.22. The van der Waals surface area contributed by atoms with Gasteiger partial charge in [-0.1, -0.05) is 36.4 Å². The summed E-state index contributed by atoms with van der Waals surface area (Å²) in [5.41, 5.74) is 1.80. The Labute approximate surface area is 172 Å². The highest BCUT2D eigenvalue weighted by atomic mass is 16.5. The molecule has 1 aliphatic heterocycles. The van der Waals surface area contributed by atoms with E-state index in [1.165, 1.54) is 19.1 Å². The summed E-state index contributed by atoms with van der Waals surface area (Å²) in [5.74, 6) is -2.48. The molecule has 154 valence electrons. The Hall–Kier alpha value is -3.81. The summed E-state index contributed by atoms with van der Waals surface area (Å²) in [4.78, 5) is 60.5. The molecular weight excluding hydrogens is 388 g/mol. The molecule has 8 heteroatoms. The molecule has 0 spiro atoms. The van der Waals surface area contributed by atoms with Crippen molar-refractivity contribution in [2.24, 2.45) is 0 Å². The number of rotatable bonds is 8. The van der Waals surface area contributed by atoms with Crippen LogP contribution in [0.15, 0.2) is 48.5 Å². The van der Waals surface area contributed by atoms with Gasteiger partial charge in [-0.15, -0.1) is 0 Å². The quantitative estimate of drug-likeness (QED) is 0.402. The molecule has 0 unspecified atom stereocenters. The van der Waals surface area contributed by atoms with Crippen molar-refractivity contribution in [3.63, 3.8) is 0 Å². The van der Waals surface area contributed by atoms with E-state index < -0.39 is 36.7 Å². The molecule has 3 amide bonds. The summed E-state index contributed by atoms with van der Waals surface area (Å²) in [5, 5.41) is 2.69. The van der Waals surface area contributed by atoms with Crippen LogP contribution in [0.4, 0.5) is 0 Å². The van der Waals surface area contributed by atoms with Crippen LogP contribution < -0.4 is 5.32 Å². The van der Waals surface area contributed by atoms with Crippen LogP contribution in [0.25, 0.3) is 0 Å². The maximum atomic E-state index is 12.3. The monoisotopic (exact) mass is 408 g/mol. The van der Waals surface area contributed by atoms with Gasteiger partial charge in [0.2, 0.25) is 5.91 Å². The van der Waals surface area contributed by atoms with Gasteiger partial charge in [0, 0.05) is 19.0 Å². The molecule has 0 aromatic heterocycles. The molecule has 30 heavy (non-hydrogen) atoms. The Morgan fingerprint density at radius 3 is 2.10 bits per heavy atom. The number of hydrogen-bond donors (Lipinski definition) is 1. The summed E-state index contributed by atoms with van der Waals surface area (Å²) in [6.45, 7) is 0.893. The molecule has 0 atom stereocenters. The molecule has 3 rings (SSSR count). The van der Waals surface area contributed by atoms with Crippen molar-refractivity contribution in [3.05, 3.63) is 70.8 Å². The lowest BCUT2D eigenvalue weighted by Gasteiger charge is -2.12. The van der Waals surface area contributed by atoms with E-state index in [4.69, 9.17) is 4.74 Å². The molecule has 0 fully saturated rings. The van der Waals surface area contributed by atoms with Crippen molar-refractivity contribution < 1.29 is 28.7 Å². The van der Waals surface area contributed by atoms with E-state index in [9.17, 15) is 24.0 Å². The number of carbonyl (C=O) groups excluding carboxylic acids is 5. The first kappa shape index (κ1) is 20.9. The lowest BCUT2D eigenvalue weighted by molar-refractivity contribution is -0.142. The number of hydrogen-bond acceptors (Lipinski definition) is 6. The summed E-state index contributed by atoms with van der Waals surface area (Å²) >= 11 is 0. The van der Waals surface area contributed by atoms with Crippen LogP contribution >= 0.6 is 0 Å². The standard InChI is InChI=1S/C22H20N2O6/c1-14(25)23-11-10-15-6-8-16(9-7-15)19(26)13-30-20(27)12-24-21(28)17-4-2-3-5-18(17)22(24)29/h2-9H,10-13H2,1H3,(H,23,25). The van der Waals surface area contributed by atoms with Crippen LogP contribution in [0.2, 0.25) is 0 Å². The van der Waals surface area contributed by atoms with Gasteiger partial charge in [0.15, 0.2) is 12.4 Å². The summed E-state index contributed by atoms with van der Waals surface area (Å²) in [6, 6.07) is 13.1. The van der Waals surface area contributed by atoms with Crippen molar-refractivity contribution in [2.45, 2.75) is 13.3 Å². The third-order valence-corrected chi connectivity index (χ3v) is 4.59. The van der Waals surface area contributed by atoms with Crippen molar-refractivity contribution in [1.82, 2.24) is 10.2 Å². The predicted molar refractivity (Wildman–Crippen MR) is 106 cm³/mol. The zero-order valence-electron chi connectivity index (χ0n) is 16.3. The Balaban J connectivity index is 1.49. The number of nitrogens with zero attached hydrogens (tertiary/aromatic N) is 1. The minimum Gasteiger partial charge on any atom is -0.456 e. The average molecular weight is 408 g/mol. The number of esters is 1. The fraction of sp³-hybridized carbons (Fsp3) is 0.227. The maximum absolute atomic E-state index is 12.3. The smallest absolute Gasteiger partial charge is 0.326 e. The third kappa shape index (κ3) is 4.78. The van der Waals surface area contributed by atoms with E-state index in [0.717, 1.165) is 10.5 Å². The van der Waals surface area contributed by atoms with E-state index >= 15 is 0 Å². The number of nitrogens with one attached hydrogen (secondary N) is 1. The van der Waals surface area contributed by atoms with Gasteiger partial charge >= 0.3 is 5.97 Å². The van der Waals surface area contributed by atoms with Gasteiger partial charge in [-0.25, -0.2) is 0 Å². The number of carbonyl (C=O) groups is 5. The predicted octanol–water partition coefficient (Wildman–Crippen LogP) is 1.39. The Kier molecular flexibility index (Phi) is 6.36. The van der Waals surface area contributed by atoms with Crippen molar-refractivity contribution >= 4 is 29.5 Å². The summed E-state index contributed by atoms with van der Waals surface area (Å²) in [7, 11) is 0. The van der Waals surface area contributed by atoms with Crippen LogP contribution in [-0.4, -0.2) is 54.1 Å². The van der Waals surface area contributed by atoms with Crippen molar-refractivity contribution in [3.8, 4) is 0 Å².